The van der Waals surface area contributed by atoms with E-state index in [1.54, 1.807) is 0 Å². The van der Waals surface area contributed by atoms with Crippen LogP contribution in [0.3, 0.4) is 0 Å². The highest BCUT2D eigenvalue weighted by Crippen LogP contribution is 2.30. The number of piperidine rings is 1. The Balaban J connectivity index is 1.35. The number of thiazole rings is 1. The van der Waals surface area contributed by atoms with Gasteiger partial charge in [-0.15, -0.1) is 11.3 Å². The molecule has 2 fully saturated rings. The summed E-state index contributed by atoms with van der Waals surface area (Å²) in [5.41, 5.74) is 1.11. The standard InChI is InChI=1S/C21H29N3OS/c1-15-7-2-3-9-17(15)22-20(25)14-24-12-6-8-16(13-24)21-23-18-10-4-5-11-19(18)26-21/h4-5,10-11,15-17H,2-3,6-9,12-14H2,1H3,(H,22,25)/p+1/t15-,16-,17-/m0/s1. The number of nitrogens with zero attached hydrogens (tertiary/aromatic N) is 1. The molecule has 1 aliphatic carbocycles. The van der Waals surface area contributed by atoms with Gasteiger partial charge < -0.3 is 10.2 Å². The lowest BCUT2D eigenvalue weighted by Gasteiger charge is -2.31. The van der Waals surface area contributed by atoms with Gasteiger partial charge in [0.15, 0.2) is 6.54 Å². The lowest BCUT2D eigenvalue weighted by atomic mass is 9.86. The Bertz CT molecular complexity index is 726. The molecule has 2 aromatic rings. The normalized spacial score (nSPS) is 29.6. The maximum atomic E-state index is 12.6. The van der Waals surface area contributed by atoms with Gasteiger partial charge in [-0.3, -0.25) is 4.79 Å². The zero-order valence-electron chi connectivity index (χ0n) is 15.7. The van der Waals surface area contributed by atoms with Crippen molar-refractivity contribution < 1.29 is 9.69 Å². The molecule has 2 N–H and O–H groups in total. The molecule has 1 aliphatic heterocycles. The molecular weight excluding hydrogens is 342 g/mol. The van der Waals surface area contributed by atoms with Crippen molar-refractivity contribution in [2.24, 2.45) is 5.92 Å². The van der Waals surface area contributed by atoms with Crippen molar-refractivity contribution in [3.05, 3.63) is 29.3 Å². The minimum atomic E-state index is 0.240. The smallest absolute Gasteiger partial charge is 0.275 e. The second-order valence-corrected chi connectivity index (χ2v) is 9.24. The number of carbonyl (C=O) groups excluding carboxylic acids is 1. The Kier molecular flexibility index (Phi) is 5.55. The Morgan fingerprint density at radius 1 is 1.23 bits per heavy atom. The molecule has 1 saturated carbocycles. The van der Waals surface area contributed by atoms with E-state index in [1.165, 1.54) is 46.7 Å². The lowest BCUT2D eigenvalue weighted by Crippen LogP contribution is -3.14. The van der Waals surface area contributed by atoms with Gasteiger partial charge in [0.2, 0.25) is 0 Å². The highest BCUT2D eigenvalue weighted by Gasteiger charge is 2.29. The first kappa shape index (κ1) is 17.9. The molecule has 1 aromatic heterocycles. The summed E-state index contributed by atoms with van der Waals surface area (Å²) in [6.07, 6.45) is 7.35. The summed E-state index contributed by atoms with van der Waals surface area (Å²) in [6, 6.07) is 8.78. The second-order valence-electron chi connectivity index (χ2n) is 8.18. The van der Waals surface area contributed by atoms with E-state index < -0.39 is 0 Å². The second kappa shape index (κ2) is 8.05. The van der Waals surface area contributed by atoms with Gasteiger partial charge in [-0.25, -0.2) is 4.98 Å². The van der Waals surface area contributed by atoms with Gasteiger partial charge >= 0.3 is 0 Å². The van der Waals surface area contributed by atoms with Crippen LogP contribution >= 0.6 is 11.3 Å². The largest absolute Gasteiger partial charge is 0.348 e. The zero-order chi connectivity index (χ0) is 17.9. The number of para-hydroxylation sites is 1. The van der Waals surface area contributed by atoms with Crippen LogP contribution in [0.15, 0.2) is 24.3 Å². The number of aromatic nitrogens is 1. The third kappa shape index (κ3) is 4.09. The molecule has 26 heavy (non-hydrogen) atoms. The monoisotopic (exact) mass is 372 g/mol. The van der Waals surface area contributed by atoms with E-state index in [0.717, 1.165) is 25.0 Å². The van der Waals surface area contributed by atoms with E-state index in [-0.39, 0.29) is 5.91 Å². The summed E-state index contributed by atoms with van der Waals surface area (Å²) < 4.78 is 1.28. The van der Waals surface area contributed by atoms with Crippen molar-refractivity contribution in [3.8, 4) is 0 Å². The minimum absolute atomic E-state index is 0.240. The number of quaternary nitrogens is 1. The molecule has 1 saturated heterocycles. The van der Waals surface area contributed by atoms with E-state index in [2.05, 4.69) is 36.5 Å². The molecule has 0 bridgehead atoms. The lowest BCUT2D eigenvalue weighted by molar-refractivity contribution is -0.898. The number of hydrogen-bond acceptors (Lipinski definition) is 3. The maximum Gasteiger partial charge on any atom is 0.275 e. The third-order valence-electron chi connectivity index (χ3n) is 6.15. The Morgan fingerprint density at radius 2 is 2.08 bits per heavy atom. The van der Waals surface area contributed by atoms with Crippen LogP contribution < -0.4 is 10.2 Å². The average Bonchev–Trinajstić information content (AvgIpc) is 3.08. The van der Waals surface area contributed by atoms with Crippen LogP contribution in [0.4, 0.5) is 0 Å². The van der Waals surface area contributed by atoms with Crippen LogP contribution in [-0.2, 0) is 4.79 Å². The first-order valence-corrected chi connectivity index (χ1v) is 11.0. The number of hydrogen-bond donors (Lipinski definition) is 2. The SMILES string of the molecule is C[C@H]1CCCC[C@@H]1NC(=O)C[NH+]1CCC[C@H](c2nc3ccccc3s2)C1. The Morgan fingerprint density at radius 3 is 2.92 bits per heavy atom. The zero-order valence-corrected chi connectivity index (χ0v) is 16.5. The van der Waals surface area contributed by atoms with Gasteiger partial charge in [-0.1, -0.05) is 31.9 Å². The first-order valence-electron chi connectivity index (χ1n) is 10.2. The molecule has 4 atom stereocenters. The van der Waals surface area contributed by atoms with Gasteiger partial charge in [0.25, 0.3) is 5.91 Å². The van der Waals surface area contributed by atoms with Crippen molar-refractivity contribution in [3.63, 3.8) is 0 Å². The van der Waals surface area contributed by atoms with Crippen LogP contribution in [0.25, 0.3) is 10.2 Å². The molecule has 1 aromatic carbocycles. The average molecular weight is 373 g/mol. The molecule has 4 nitrogen and oxygen atoms in total. The highest BCUT2D eigenvalue weighted by atomic mass is 32.1. The number of carbonyl (C=O) groups is 1. The molecule has 2 heterocycles. The first-order chi connectivity index (χ1) is 12.7. The fraction of sp³-hybridized carbons (Fsp3) is 0.619. The fourth-order valence-electron chi connectivity index (χ4n) is 4.60. The maximum absolute atomic E-state index is 12.6. The van der Waals surface area contributed by atoms with E-state index in [4.69, 9.17) is 4.98 Å². The predicted molar refractivity (Wildman–Crippen MR) is 107 cm³/mol. The molecule has 1 unspecified atom stereocenters. The summed E-state index contributed by atoms with van der Waals surface area (Å²) in [7, 11) is 0. The third-order valence-corrected chi connectivity index (χ3v) is 7.34. The van der Waals surface area contributed by atoms with E-state index in [0.29, 0.717) is 24.4 Å². The molecule has 4 rings (SSSR count). The predicted octanol–water partition coefficient (Wildman–Crippen LogP) is 2.75. The van der Waals surface area contributed by atoms with Crippen molar-refractivity contribution in [2.75, 3.05) is 19.6 Å². The molecular formula is C21H30N3OS+. The molecule has 5 heteroatoms. The van der Waals surface area contributed by atoms with Crippen LogP contribution in [0.1, 0.15) is 56.4 Å². The van der Waals surface area contributed by atoms with Gasteiger partial charge in [0.05, 0.1) is 29.2 Å². The summed E-state index contributed by atoms with van der Waals surface area (Å²) in [4.78, 5) is 18.8. The van der Waals surface area contributed by atoms with Gasteiger partial charge in [0, 0.05) is 6.04 Å². The van der Waals surface area contributed by atoms with Crippen LogP contribution in [0.2, 0.25) is 0 Å². The summed E-state index contributed by atoms with van der Waals surface area (Å²) in [5.74, 6) is 1.36. The molecule has 0 radical (unpaired) electrons. The molecule has 140 valence electrons. The molecule has 1 amide bonds. The summed E-state index contributed by atoms with van der Waals surface area (Å²) in [6.45, 7) is 5.04. The number of rotatable bonds is 4. The quantitative estimate of drug-likeness (QED) is 0.867. The summed E-state index contributed by atoms with van der Waals surface area (Å²) in [5, 5.41) is 4.57. The van der Waals surface area contributed by atoms with Gasteiger partial charge in [-0.2, -0.15) is 0 Å². The topological polar surface area (TPSA) is 46.4 Å². The fourth-order valence-corrected chi connectivity index (χ4v) is 5.70. The van der Waals surface area contributed by atoms with Crippen molar-refractivity contribution in [1.82, 2.24) is 10.3 Å². The number of likely N-dealkylation sites (tertiary alicyclic amines) is 1. The van der Waals surface area contributed by atoms with E-state index >= 15 is 0 Å². The minimum Gasteiger partial charge on any atom is -0.348 e. The van der Waals surface area contributed by atoms with Crippen LogP contribution in [0, 0.1) is 5.92 Å². The van der Waals surface area contributed by atoms with Gasteiger partial charge in [0.1, 0.15) is 5.01 Å². The van der Waals surface area contributed by atoms with Gasteiger partial charge in [-0.05, 0) is 43.7 Å². The van der Waals surface area contributed by atoms with Crippen molar-refractivity contribution >= 4 is 27.5 Å². The number of amides is 1. The Hall–Kier alpha value is -1.46. The molecule has 2 aliphatic rings. The summed E-state index contributed by atoms with van der Waals surface area (Å²) >= 11 is 1.83. The van der Waals surface area contributed by atoms with Crippen LogP contribution in [0.5, 0.6) is 0 Å². The van der Waals surface area contributed by atoms with Crippen LogP contribution in [-0.4, -0.2) is 36.6 Å². The Labute approximate surface area is 160 Å². The van der Waals surface area contributed by atoms with E-state index in [9.17, 15) is 4.79 Å². The number of benzene rings is 1. The van der Waals surface area contributed by atoms with Crippen molar-refractivity contribution in [1.29, 1.82) is 0 Å². The number of nitrogens with one attached hydrogen (secondary N) is 2. The van der Waals surface area contributed by atoms with E-state index in [1.807, 2.05) is 11.3 Å². The molecule has 0 spiro atoms. The highest BCUT2D eigenvalue weighted by molar-refractivity contribution is 7.18. The van der Waals surface area contributed by atoms with Crippen molar-refractivity contribution in [2.45, 2.75) is 57.4 Å². The number of fused-ring (bicyclic) bond motifs is 1.